The number of likely N-dealkylation sites (N-methyl/N-ethyl adjacent to an activating group) is 1. The Labute approximate surface area is 277 Å². The van der Waals surface area contributed by atoms with Gasteiger partial charge in [0.15, 0.2) is 0 Å². The molecule has 0 bridgehead atoms. The number of carbonyl (C=O) groups is 2. The summed E-state index contributed by atoms with van der Waals surface area (Å²) in [7, 11) is -2.83. The second-order valence-corrected chi connectivity index (χ2v) is 13.6. The Bertz CT molecular complexity index is 1730. The summed E-state index contributed by atoms with van der Waals surface area (Å²) in [5, 5.41) is 3.69. The van der Waals surface area contributed by atoms with Gasteiger partial charge >= 0.3 is 0 Å². The lowest BCUT2D eigenvalue weighted by Gasteiger charge is -2.34. The van der Waals surface area contributed by atoms with E-state index < -0.39 is 34.4 Å². The second kappa shape index (κ2) is 14.7. The van der Waals surface area contributed by atoms with Gasteiger partial charge in [-0.15, -0.1) is 0 Å². The lowest BCUT2D eigenvalue weighted by atomic mass is 10.0. The smallest absolute Gasteiger partial charge is 0.264 e. The Hall–Kier alpha value is -3.27. The van der Waals surface area contributed by atoms with E-state index in [1.54, 1.807) is 24.3 Å². The third kappa shape index (κ3) is 8.25. The number of aryl methyl sites for hydroxylation is 1. The van der Waals surface area contributed by atoms with Crippen molar-refractivity contribution in [1.82, 2.24) is 10.2 Å². The first-order chi connectivity index (χ1) is 20.9. The van der Waals surface area contributed by atoms with Crippen LogP contribution in [-0.2, 0) is 32.6 Å². The number of anilines is 1. The summed E-state index contributed by atoms with van der Waals surface area (Å²) in [4.78, 5) is 29.0. The Balaban J connectivity index is 1.83. The molecule has 12 heteroatoms. The molecule has 1 N–H and O–H groups in total. The Morgan fingerprint density at radius 1 is 0.818 bits per heavy atom. The molecule has 0 aromatic heterocycles. The molecule has 4 rings (SSSR count). The zero-order valence-corrected chi connectivity index (χ0v) is 27.6. The number of halogens is 4. The minimum absolute atomic E-state index is 0.0357. The Kier molecular flexibility index (Phi) is 11.2. The van der Waals surface area contributed by atoms with Crippen molar-refractivity contribution < 1.29 is 18.0 Å². The summed E-state index contributed by atoms with van der Waals surface area (Å²) in [6, 6.07) is 23.5. The fourth-order valence-corrected chi connectivity index (χ4v) is 6.98. The van der Waals surface area contributed by atoms with Gasteiger partial charge in [0.1, 0.15) is 12.6 Å². The number of nitrogens with zero attached hydrogens (tertiary/aromatic N) is 2. The lowest BCUT2D eigenvalue weighted by Crippen LogP contribution is -2.53. The van der Waals surface area contributed by atoms with E-state index in [-0.39, 0.29) is 38.6 Å². The van der Waals surface area contributed by atoms with E-state index in [4.69, 9.17) is 46.4 Å². The first-order valence-electron chi connectivity index (χ1n) is 13.4. The SMILES string of the molecule is CNC(=O)[C@H](Cc1ccccc1)N(Cc1ccc(Cl)cc1Cl)C(=O)CN(c1cc(Cl)cc(Cl)c1)S(=O)(=O)c1ccc(C)cc1. The minimum atomic E-state index is -4.31. The van der Waals surface area contributed by atoms with Gasteiger partial charge in [0.05, 0.1) is 10.6 Å². The summed E-state index contributed by atoms with van der Waals surface area (Å²) in [5.41, 5.74) is 2.26. The Morgan fingerprint density at radius 3 is 2.05 bits per heavy atom. The highest BCUT2D eigenvalue weighted by molar-refractivity contribution is 7.92. The number of carbonyl (C=O) groups excluding carboxylic acids is 2. The lowest BCUT2D eigenvalue weighted by molar-refractivity contribution is -0.139. The van der Waals surface area contributed by atoms with Crippen molar-refractivity contribution >= 4 is 73.9 Å². The molecule has 0 spiro atoms. The van der Waals surface area contributed by atoms with Gasteiger partial charge in [0.25, 0.3) is 10.0 Å². The average molecular weight is 693 g/mol. The quantitative estimate of drug-likeness (QED) is 0.180. The third-order valence-electron chi connectivity index (χ3n) is 6.90. The van der Waals surface area contributed by atoms with Crippen LogP contribution in [0.25, 0.3) is 0 Å². The molecule has 2 amide bonds. The molecule has 0 aliphatic carbocycles. The number of amides is 2. The largest absolute Gasteiger partial charge is 0.357 e. The van der Waals surface area contributed by atoms with Gasteiger partial charge in [-0.05, 0) is 60.5 Å². The van der Waals surface area contributed by atoms with Gasteiger partial charge in [-0.3, -0.25) is 13.9 Å². The van der Waals surface area contributed by atoms with Gasteiger partial charge < -0.3 is 10.2 Å². The van der Waals surface area contributed by atoms with Gasteiger partial charge in [-0.25, -0.2) is 8.42 Å². The van der Waals surface area contributed by atoms with Gasteiger partial charge in [-0.1, -0.05) is 100 Å². The fraction of sp³-hybridized carbons (Fsp3) is 0.188. The van der Waals surface area contributed by atoms with Gasteiger partial charge in [0, 0.05) is 40.1 Å². The monoisotopic (exact) mass is 691 g/mol. The zero-order valence-electron chi connectivity index (χ0n) is 23.8. The maximum Gasteiger partial charge on any atom is 0.264 e. The molecule has 4 aromatic rings. The van der Waals surface area contributed by atoms with Gasteiger partial charge in [-0.2, -0.15) is 0 Å². The van der Waals surface area contributed by atoms with E-state index in [0.717, 1.165) is 15.4 Å². The van der Waals surface area contributed by atoms with Crippen LogP contribution in [0.4, 0.5) is 5.69 Å². The molecule has 1 atom stereocenters. The highest BCUT2D eigenvalue weighted by Crippen LogP contribution is 2.31. The standard InChI is InChI=1S/C32H29Cl4N3O4S/c1-21-8-12-28(13-9-21)44(42,43)39(27-16-25(34)15-26(35)17-27)20-31(40)38(19-23-10-11-24(33)18-29(23)36)30(32(41)37-2)14-22-6-4-3-5-7-22/h3-13,15-18,30H,14,19-20H2,1-2H3,(H,37,41)/t30-/m0/s1. The van der Waals surface area contributed by atoms with Crippen LogP contribution in [0.3, 0.4) is 0 Å². The number of hydrogen-bond acceptors (Lipinski definition) is 4. The molecule has 0 heterocycles. The molecule has 0 aliphatic heterocycles. The summed E-state index contributed by atoms with van der Waals surface area (Å²) >= 11 is 25.2. The van der Waals surface area contributed by atoms with E-state index in [1.807, 2.05) is 37.3 Å². The summed E-state index contributed by atoms with van der Waals surface area (Å²) in [5.74, 6) is -1.10. The molecule has 230 valence electrons. The van der Waals surface area contributed by atoms with Crippen LogP contribution in [0.5, 0.6) is 0 Å². The fourth-order valence-electron chi connectivity index (χ4n) is 4.60. The first kappa shape index (κ1) is 33.6. The van der Waals surface area contributed by atoms with Crippen molar-refractivity contribution in [1.29, 1.82) is 0 Å². The summed E-state index contributed by atoms with van der Waals surface area (Å²) in [6.45, 7) is 1.06. The van der Waals surface area contributed by atoms with Gasteiger partial charge in [0.2, 0.25) is 11.8 Å². The van der Waals surface area contributed by atoms with Crippen molar-refractivity contribution in [3.8, 4) is 0 Å². The average Bonchev–Trinajstić information content (AvgIpc) is 2.98. The molecular weight excluding hydrogens is 664 g/mol. The number of hydrogen-bond donors (Lipinski definition) is 1. The number of sulfonamides is 1. The number of nitrogens with one attached hydrogen (secondary N) is 1. The van der Waals surface area contributed by atoms with Crippen LogP contribution < -0.4 is 9.62 Å². The van der Waals surface area contributed by atoms with E-state index in [2.05, 4.69) is 5.32 Å². The molecule has 44 heavy (non-hydrogen) atoms. The molecule has 7 nitrogen and oxygen atoms in total. The Morgan fingerprint density at radius 2 is 1.45 bits per heavy atom. The van der Waals surface area contributed by atoms with Crippen LogP contribution in [0, 0.1) is 6.92 Å². The normalized spacial score (nSPS) is 12.0. The van der Waals surface area contributed by atoms with Crippen LogP contribution in [0.1, 0.15) is 16.7 Å². The van der Waals surface area contributed by atoms with Crippen molar-refractivity contribution in [2.75, 3.05) is 17.9 Å². The van der Waals surface area contributed by atoms with Crippen molar-refractivity contribution in [2.45, 2.75) is 30.8 Å². The summed E-state index contributed by atoms with van der Waals surface area (Å²) < 4.78 is 29.1. The van der Waals surface area contributed by atoms with Crippen LogP contribution >= 0.6 is 46.4 Å². The number of benzene rings is 4. The minimum Gasteiger partial charge on any atom is -0.357 e. The second-order valence-electron chi connectivity index (χ2n) is 10.0. The third-order valence-corrected chi connectivity index (χ3v) is 9.71. The van der Waals surface area contributed by atoms with E-state index >= 15 is 0 Å². The van der Waals surface area contributed by atoms with Crippen LogP contribution in [0.15, 0.2) is 95.9 Å². The predicted molar refractivity (Wildman–Crippen MR) is 177 cm³/mol. The molecule has 0 unspecified atom stereocenters. The van der Waals surface area contributed by atoms with Crippen LogP contribution in [0.2, 0.25) is 20.1 Å². The molecule has 0 saturated carbocycles. The molecule has 0 fully saturated rings. The van der Waals surface area contributed by atoms with Crippen molar-refractivity contribution in [3.63, 3.8) is 0 Å². The molecule has 0 radical (unpaired) electrons. The van der Waals surface area contributed by atoms with Crippen molar-refractivity contribution in [2.24, 2.45) is 0 Å². The topological polar surface area (TPSA) is 86.8 Å². The molecule has 0 saturated heterocycles. The predicted octanol–water partition coefficient (Wildman–Crippen LogP) is 7.19. The van der Waals surface area contributed by atoms with E-state index in [0.29, 0.717) is 10.6 Å². The molecule has 0 aliphatic rings. The van der Waals surface area contributed by atoms with Crippen molar-refractivity contribution in [3.05, 3.63) is 128 Å². The van der Waals surface area contributed by atoms with E-state index in [1.165, 1.54) is 48.3 Å². The first-order valence-corrected chi connectivity index (χ1v) is 16.4. The molecule has 4 aromatic carbocycles. The molecular formula is C32H29Cl4N3O4S. The highest BCUT2D eigenvalue weighted by Gasteiger charge is 2.35. The number of rotatable bonds is 11. The summed E-state index contributed by atoms with van der Waals surface area (Å²) in [6.07, 6.45) is 0.158. The van der Waals surface area contributed by atoms with E-state index in [9.17, 15) is 18.0 Å². The zero-order chi connectivity index (χ0) is 32.0. The highest BCUT2D eigenvalue weighted by atomic mass is 35.5. The maximum atomic E-state index is 14.4. The maximum absolute atomic E-state index is 14.4. The van der Waals surface area contributed by atoms with Crippen LogP contribution in [-0.4, -0.2) is 44.8 Å².